The number of carbonyl (C=O) groups is 1. The molecule has 1 aliphatic heterocycles. The Morgan fingerprint density at radius 2 is 3.12 bits per heavy atom. The lowest BCUT2D eigenvalue weighted by Gasteiger charge is -2.13. The van der Waals surface area contributed by atoms with Crippen LogP contribution >= 0.6 is 0 Å². The van der Waals surface area contributed by atoms with Crippen molar-refractivity contribution in [3.8, 4) is 0 Å². The van der Waals surface area contributed by atoms with Gasteiger partial charge in [0.1, 0.15) is 2.82 Å². The lowest BCUT2D eigenvalue weighted by molar-refractivity contribution is 0.241. The van der Waals surface area contributed by atoms with Crippen molar-refractivity contribution >= 4 is 6.03 Å². The summed E-state index contributed by atoms with van der Waals surface area (Å²) in [5.74, 6) is 0. The first-order valence-electron chi connectivity index (χ1n) is 4.27. The fourth-order valence-electron chi connectivity index (χ4n) is 0.332. The van der Waals surface area contributed by atoms with Crippen molar-refractivity contribution in [3.63, 3.8) is 0 Å². The van der Waals surface area contributed by atoms with Crippen LogP contribution in [0.25, 0.3) is 0 Å². The molecule has 0 aromatic heterocycles. The summed E-state index contributed by atoms with van der Waals surface area (Å²) in [6.07, 6.45) is -0.334. The number of hydrogen-bond acceptors (Lipinski definition) is 2. The van der Waals surface area contributed by atoms with Gasteiger partial charge >= 0.3 is 6.03 Å². The maximum Gasteiger partial charge on any atom is 0.320 e. The molecule has 0 saturated carbocycles. The average molecular weight is 118 g/mol. The fourth-order valence-corrected chi connectivity index (χ4v) is 0.332. The summed E-state index contributed by atoms with van der Waals surface area (Å²) < 4.78 is 35.1. The lowest BCUT2D eigenvalue weighted by atomic mass is 10.4. The van der Waals surface area contributed by atoms with Crippen LogP contribution in [0.15, 0.2) is 12.3 Å². The van der Waals surface area contributed by atoms with Crippen molar-refractivity contribution in [1.82, 2.24) is 10.6 Å². The van der Waals surface area contributed by atoms with E-state index in [1.165, 1.54) is 0 Å². The van der Waals surface area contributed by atoms with Crippen molar-refractivity contribution in [2.45, 2.75) is 6.14 Å². The number of carbonyl (C=O) groups excluding carboxylic acids is 1. The van der Waals surface area contributed by atoms with Crippen LogP contribution in [0.4, 0.5) is 4.79 Å². The maximum atomic E-state index is 11.0. The number of rotatable bonds is 1. The zero-order valence-corrected chi connectivity index (χ0v) is 3.90. The topological polar surface area (TPSA) is 67.2 Å². The van der Waals surface area contributed by atoms with Crippen LogP contribution < -0.4 is 16.3 Å². The Bertz CT molecular complexity index is 258. The minimum atomic E-state index is -2.19. The molecular formula is C4H7N3O. The van der Waals surface area contributed by atoms with E-state index in [-0.39, 0.29) is 11.0 Å². The molecule has 0 aromatic carbocycles. The van der Waals surface area contributed by atoms with Gasteiger partial charge in [-0.1, -0.05) is 0 Å². The molecule has 2 amide bonds. The summed E-state index contributed by atoms with van der Waals surface area (Å²) in [4.78, 5) is 11.0. The molecule has 4 nitrogen and oxygen atoms in total. The van der Waals surface area contributed by atoms with Crippen molar-refractivity contribution in [2.75, 3.05) is 0 Å². The summed E-state index contributed by atoms with van der Waals surface area (Å²) >= 11 is 0. The van der Waals surface area contributed by atoms with Crippen molar-refractivity contribution < 1.29 is 11.8 Å². The SMILES string of the molecule is [2H]N1C=CC([2H])(N([2H])[2H])N([2H])C1=O. The monoisotopic (exact) mass is 118 g/mol. The molecule has 4 N–H and O–H groups in total. The molecule has 1 aliphatic rings. The van der Waals surface area contributed by atoms with Crippen LogP contribution in [0.1, 0.15) is 1.37 Å². The average Bonchev–Trinajstić information content (AvgIpc) is 2.08. The van der Waals surface area contributed by atoms with Gasteiger partial charge in [-0.05, 0) is 6.08 Å². The summed E-state index contributed by atoms with van der Waals surface area (Å²) in [7, 11) is 0. The van der Waals surface area contributed by atoms with Gasteiger partial charge in [0.05, 0.1) is 7.51 Å². The lowest BCUT2D eigenvalue weighted by Crippen LogP contribution is -2.47. The number of hydrogen-bond donors (Lipinski definition) is 3. The smallest absolute Gasteiger partial charge is 0.319 e. The Morgan fingerprint density at radius 3 is 3.88 bits per heavy atom. The first-order valence-corrected chi connectivity index (χ1v) is 1.98. The van der Waals surface area contributed by atoms with Crippen LogP contribution in [-0.4, -0.2) is 12.2 Å². The third-order valence-electron chi connectivity index (χ3n) is 0.619. The molecule has 0 saturated heterocycles. The van der Waals surface area contributed by atoms with E-state index < -0.39 is 12.2 Å². The molecule has 0 radical (unpaired) electrons. The van der Waals surface area contributed by atoms with Crippen molar-refractivity contribution in [1.29, 1.82) is 0 Å². The Hall–Kier alpha value is -1.03. The molecule has 0 spiro atoms. The van der Waals surface area contributed by atoms with E-state index in [2.05, 4.69) is 0 Å². The van der Waals surface area contributed by atoms with Gasteiger partial charge in [0.2, 0.25) is 0 Å². The highest BCUT2D eigenvalue weighted by atomic mass is 16.2. The quantitative estimate of drug-likeness (QED) is 0.417. The van der Waals surface area contributed by atoms with Crippen LogP contribution in [0.5, 0.6) is 0 Å². The predicted molar refractivity (Wildman–Crippen MR) is 28.8 cm³/mol. The molecule has 4 heteroatoms. The zero-order chi connectivity index (χ0) is 10.2. The minimum absolute atomic E-state index is 0.0694. The van der Waals surface area contributed by atoms with E-state index in [9.17, 15) is 4.79 Å². The summed E-state index contributed by atoms with van der Waals surface area (Å²) in [6.45, 7) is 0. The van der Waals surface area contributed by atoms with Crippen LogP contribution in [-0.2, 0) is 0 Å². The minimum Gasteiger partial charge on any atom is -0.319 e. The van der Waals surface area contributed by atoms with Gasteiger partial charge in [0.15, 0.2) is 2.82 Å². The van der Waals surface area contributed by atoms with Gasteiger partial charge in [-0.3, -0.25) is 0 Å². The first kappa shape index (κ1) is 1.73. The highest BCUT2D eigenvalue weighted by molar-refractivity contribution is 5.76. The highest BCUT2D eigenvalue weighted by Crippen LogP contribution is 1.81. The Kier molecular flexibility index (Phi) is 0.397. The molecule has 0 bridgehead atoms. The second kappa shape index (κ2) is 1.83. The number of nitrogens with two attached hydrogens (primary N) is 1. The van der Waals surface area contributed by atoms with Crippen molar-refractivity contribution in [2.24, 2.45) is 5.72 Å². The summed E-state index contributed by atoms with van der Waals surface area (Å²) in [5.41, 5.74) is -0.0958. The van der Waals surface area contributed by atoms with Crippen LogP contribution in [0.3, 0.4) is 0 Å². The van der Waals surface area contributed by atoms with E-state index in [1.807, 2.05) is 0 Å². The molecule has 1 unspecified atom stereocenters. The van der Waals surface area contributed by atoms with E-state index >= 15 is 0 Å². The predicted octanol–water partition coefficient (Wildman–Crippen LogP) is -0.902. The van der Waals surface area contributed by atoms with Crippen molar-refractivity contribution in [3.05, 3.63) is 12.3 Å². The Labute approximate surface area is 54.0 Å². The van der Waals surface area contributed by atoms with Gasteiger partial charge in [0.25, 0.3) is 0 Å². The second-order valence-electron chi connectivity index (χ2n) is 1.20. The van der Waals surface area contributed by atoms with Crippen LogP contribution in [0.2, 0.25) is 5.65 Å². The van der Waals surface area contributed by atoms with E-state index in [4.69, 9.17) is 7.02 Å². The maximum absolute atomic E-state index is 11.0. The molecule has 0 fully saturated rings. The molecule has 0 aliphatic carbocycles. The molecule has 44 valence electrons. The standard InChI is InChI=1S/C4H7N3O/c5-3-1-2-6-4(8)7-3/h1-3H,5H2,(H2,6,7,8)/i3D/hD4. The fraction of sp³-hybridized carbons (Fsp3) is 0.250. The second-order valence-corrected chi connectivity index (χ2v) is 1.20. The van der Waals surface area contributed by atoms with Gasteiger partial charge in [0, 0.05) is 6.20 Å². The van der Waals surface area contributed by atoms with Gasteiger partial charge in [-0.2, -0.15) is 0 Å². The molecule has 0 aromatic rings. The summed E-state index contributed by atoms with van der Waals surface area (Å²) in [5, 5.41) is 0.420. The molecule has 8 heavy (non-hydrogen) atoms. The zero-order valence-electron chi connectivity index (χ0n) is 8.90. The molecule has 1 atom stereocenters. The normalized spacial score (nSPS) is 47.6. The van der Waals surface area contributed by atoms with E-state index in [1.54, 1.807) is 0 Å². The first-order chi connectivity index (χ1) is 5.89. The highest BCUT2D eigenvalue weighted by Gasteiger charge is 2.05. The molecule has 1 rings (SSSR count). The Morgan fingerprint density at radius 1 is 2.25 bits per heavy atom. The van der Waals surface area contributed by atoms with E-state index in [0.717, 1.165) is 12.3 Å². The van der Waals surface area contributed by atoms with Crippen LogP contribution in [0, 0.1) is 0 Å². The van der Waals surface area contributed by atoms with Gasteiger partial charge < -0.3 is 16.3 Å². The molecular weight excluding hydrogens is 106 g/mol. The number of urea groups is 1. The number of nitrogens with one attached hydrogen (secondary N) is 2. The van der Waals surface area contributed by atoms with Gasteiger partial charge in [-0.15, -0.1) is 0 Å². The third kappa shape index (κ3) is 0.974. The number of amides is 2. The van der Waals surface area contributed by atoms with Gasteiger partial charge in [-0.25, -0.2) is 4.79 Å². The largest absolute Gasteiger partial charge is 0.320 e. The summed E-state index contributed by atoms with van der Waals surface area (Å²) in [6, 6.07) is -1.08. The third-order valence-corrected chi connectivity index (χ3v) is 0.619. The molecule has 1 heterocycles. The Balaban J connectivity index is 3.02. The van der Waals surface area contributed by atoms with E-state index in [0.29, 0.717) is 5.31 Å².